The third-order valence-electron chi connectivity index (χ3n) is 2.44. The summed E-state index contributed by atoms with van der Waals surface area (Å²) in [7, 11) is 4.17. The van der Waals surface area contributed by atoms with Crippen LogP contribution in [0.15, 0.2) is 0 Å². The van der Waals surface area contributed by atoms with Gasteiger partial charge >= 0.3 is 0 Å². The molecule has 0 atom stereocenters. The molecule has 0 amide bonds. The molecule has 98 valence electrons. The number of hydrogen-bond donors (Lipinski definition) is 1. The van der Waals surface area contributed by atoms with E-state index in [4.69, 9.17) is 4.98 Å². The summed E-state index contributed by atoms with van der Waals surface area (Å²) in [5.74, 6) is 0.506. The minimum Gasteiger partial charge on any atom is -0.310 e. The third kappa shape index (κ3) is 4.74. The summed E-state index contributed by atoms with van der Waals surface area (Å²) in [5.41, 5.74) is 1.26. The number of nitrogens with zero attached hydrogens (tertiary/aromatic N) is 2. The minimum absolute atomic E-state index is 0.506. The molecule has 0 saturated heterocycles. The smallest absolute Gasteiger partial charge is 0.107 e. The molecule has 0 radical (unpaired) electrons. The third-order valence-corrected chi connectivity index (χ3v) is 3.50. The molecule has 1 aromatic rings. The lowest BCUT2D eigenvalue weighted by atomic mass is 10.1. The highest BCUT2D eigenvalue weighted by Gasteiger charge is 2.14. The summed E-state index contributed by atoms with van der Waals surface area (Å²) in [6, 6.07) is 0.523. The largest absolute Gasteiger partial charge is 0.310 e. The Morgan fingerprint density at radius 1 is 1.24 bits per heavy atom. The first-order valence-corrected chi connectivity index (χ1v) is 7.08. The molecule has 0 spiro atoms. The van der Waals surface area contributed by atoms with Crippen LogP contribution in [-0.4, -0.2) is 30.0 Å². The molecule has 17 heavy (non-hydrogen) atoms. The van der Waals surface area contributed by atoms with Gasteiger partial charge in [-0.15, -0.1) is 11.3 Å². The maximum atomic E-state index is 4.76. The Hall–Kier alpha value is -0.450. The van der Waals surface area contributed by atoms with Gasteiger partial charge in [-0.25, -0.2) is 4.98 Å². The molecule has 0 saturated carbocycles. The molecule has 3 nitrogen and oxygen atoms in total. The Kier molecular flexibility index (Phi) is 5.56. The highest BCUT2D eigenvalue weighted by Crippen LogP contribution is 2.25. The van der Waals surface area contributed by atoms with Crippen molar-refractivity contribution in [2.75, 3.05) is 14.1 Å². The average Bonchev–Trinajstić information content (AvgIpc) is 2.57. The van der Waals surface area contributed by atoms with Crippen molar-refractivity contribution in [3.63, 3.8) is 0 Å². The first-order chi connectivity index (χ1) is 7.90. The van der Waals surface area contributed by atoms with Crippen LogP contribution in [0.1, 0.15) is 49.2 Å². The maximum Gasteiger partial charge on any atom is 0.107 e. The highest BCUT2D eigenvalue weighted by molar-refractivity contribution is 7.11. The van der Waals surface area contributed by atoms with E-state index in [0.29, 0.717) is 12.0 Å². The monoisotopic (exact) mass is 255 g/mol. The summed E-state index contributed by atoms with van der Waals surface area (Å²) in [6.07, 6.45) is 0. The molecule has 1 N–H and O–H groups in total. The van der Waals surface area contributed by atoms with Crippen LogP contribution in [0.4, 0.5) is 0 Å². The Labute approximate surface area is 109 Å². The summed E-state index contributed by atoms with van der Waals surface area (Å²) in [4.78, 5) is 8.33. The Balaban J connectivity index is 2.81. The van der Waals surface area contributed by atoms with Crippen molar-refractivity contribution in [1.29, 1.82) is 0 Å². The molecule has 0 aliphatic heterocycles. The lowest BCUT2D eigenvalue weighted by Crippen LogP contribution is -2.22. The van der Waals surface area contributed by atoms with E-state index in [1.54, 1.807) is 0 Å². The molecule has 1 heterocycles. The predicted octanol–water partition coefficient (Wildman–Crippen LogP) is 2.83. The molecular weight excluding hydrogens is 230 g/mol. The standard InChI is InChI=1S/C13H25N3S/c1-9(2)13-11(7-14-10(3)4)17-12(15-13)8-16(5)6/h9-10,14H,7-8H2,1-6H3. The van der Waals surface area contributed by atoms with Crippen LogP contribution in [0.2, 0.25) is 0 Å². The van der Waals surface area contributed by atoms with E-state index in [1.165, 1.54) is 15.6 Å². The molecule has 0 bridgehead atoms. The van der Waals surface area contributed by atoms with Gasteiger partial charge < -0.3 is 10.2 Å². The fraction of sp³-hybridized carbons (Fsp3) is 0.769. The predicted molar refractivity (Wildman–Crippen MR) is 75.6 cm³/mol. The molecule has 4 heteroatoms. The van der Waals surface area contributed by atoms with Crippen LogP contribution in [-0.2, 0) is 13.1 Å². The summed E-state index contributed by atoms with van der Waals surface area (Å²) >= 11 is 1.84. The minimum atomic E-state index is 0.506. The molecular formula is C13H25N3S. The van der Waals surface area contributed by atoms with Crippen molar-refractivity contribution in [2.45, 2.75) is 52.7 Å². The van der Waals surface area contributed by atoms with E-state index in [0.717, 1.165) is 13.1 Å². The number of rotatable bonds is 6. The van der Waals surface area contributed by atoms with Gasteiger partial charge in [-0.05, 0) is 20.0 Å². The first kappa shape index (κ1) is 14.6. The van der Waals surface area contributed by atoms with Crippen molar-refractivity contribution < 1.29 is 0 Å². The summed E-state index contributed by atoms with van der Waals surface area (Å²) in [6.45, 7) is 10.7. The van der Waals surface area contributed by atoms with Crippen LogP contribution in [0, 0.1) is 0 Å². The number of hydrogen-bond acceptors (Lipinski definition) is 4. The van der Waals surface area contributed by atoms with Crippen LogP contribution < -0.4 is 5.32 Å². The van der Waals surface area contributed by atoms with Crippen LogP contribution >= 0.6 is 11.3 Å². The zero-order chi connectivity index (χ0) is 13.0. The zero-order valence-electron chi connectivity index (χ0n) is 11.9. The molecule has 0 aromatic carbocycles. The quantitative estimate of drug-likeness (QED) is 0.847. The molecule has 0 fully saturated rings. The Morgan fingerprint density at radius 3 is 2.35 bits per heavy atom. The van der Waals surface area contributed by atoms with E-state index in [9.17, 15) is 0 Å². The normalized spacial score (nSPS) is 12.1. The topological polar surface area (TPSA) is 28.2 Å². The van der Waals surface area contributed by atoms with Crippen LogP contribution in [0.3, 0.4) is 0 Å². The van der Waals surface area contributed by atoms with Gasteiger partial charge in [0, 0.05) is 24.0 Å². The van der Waals surface area contributed by atoms with Crippen LogP contribution in [0.5, 0.6) is 0 Å². The van der Waals surface area contributed by atoms with Gasteiger partial charge in [0.1, 0.15) is 5.01 Å². The van der Waals surface area contributed by atoms with Gasteiger partial charge in [0.05, 0.1) is 5.69 Å². The van der Waals surface area contributed by atoms with E-state index in [1.807, 2.05) is 11.3 Å². The second kappa shape index (κ2) is 6.47. The maximum absolute atomic E-state index is 4.76. The molecule has 1 aromatic heterocycles. The SMILES string of the molecule is CC(C)NCc1sc(CN(C)C)nc1C(C)C. The molecule has 0 aliphatic rings. The fourth-order valence-corrected chi connectivity index (χ4v) is 2.92. The molecule has 1 rings (SSSR count). The van der Waals surface area contributed by atoms with Crippen molar-refractivity contribution in [1.82, 2.24) is 15.2 Å². The van der Waals surface area contributed by atoms with Crippen molar-refractivity contribution >= 4 is 11.3 Å². The highest BCUT2D eigenvalue weighted by atomic mass is 32.1. The summed E-state index contributed by atoms with van der Waals surface area (Å²) < 4.78 is 0. The number of nitrogens with one attached hydrogen (secondary N) is 1. The fourth-order valence-electron chi connectivity index (χ4n) is 1.63. The van der Waals surface area contributed by atoms with Crippen molar-refractivity contribution in [2.24, 2.45) is 0 Å². The summed E-state index contributed by atoms with van der Waals surface area (Å²) in [5, 5.41) is 4.70. The first-order valence-electron chi connectivity index (χ1n) is 6.26. The van der Waals surface area contributed by atoms with E-state index >= 15 is 0 Å². The second-order valence-corrected chi connectivity index (χ2v) is 6.51. The second-order valence-electron chi connectivity index (χ2n) is 5.34. The van der Waals surface area contributed by atoms with E-state index in [2.05, 4.69) is 52.0 Å². The average molecular weight is 255 g/mol. The van der Waals surface area contributed by atoms with Crippen LogP contribution in [0.25, 0.3) is 0 Å². The van der Waals surface area contributed by atoms with Gasteiger partial charge in [-0.3, -0.25) is 0 Å². The number of thiazole rings is 1. The number of aromatic nitrogens is 1. The lowest BCUT2D eigenvalue weighted by Gasteiger charge is -2.09. The van der Waals surface area contributed by atoms with E-state index in [-0.39, 0.29) is 0 Å². The van der Waals surface area contributed by atoms with Gasteiger partial charge in [0.25, 0.3) is 0 Å². The van der Waals surface area contributed by atoms with E-state index < -0.39 is 0 Å². The van der Waals surface area contributed by atoms with Gasteiger partial charge in [-0.1, -0.05) is 27.7 Å². The van der Waals surface area contributed by atoms with Crippen molar-refractivity contribution in [3.05, 3.63) is 15.6 Å². The zero-order valence-corrected chi connectivity index (χ0v) is 12.7. The van der Waals surface area contributed by atoms with Gasteiger partial charge in [0.2, 0.25) is 0 Å². The lowest BCUT2D eigenvalue weighted by molar-refractivity contribution is 0.401. The van der Waals surface area contributed by atoms with Gasteiger partial charge in [0.15, 0.2) is 0 Å². The molecule has 0 aliphatic carbocycles. The Bertz CT molecular complexity index is 342. The van der Waals surface area contributed by atoms with Crippen molar-refractivity contribution in [3.8, 4) is 0 Å². The molecule has 0 unspecified atom stereocenters. The Morgan fingerprint density at radius 2 is 1.88 bits per heavy atom. The van der Waals surface area contributed by atoms with Gasteiger partial charge in [-0.2, -0.15) is 0 Å².